The van der Waals surface area contributed by atoms with Crippen molar-refractivity contribution in [2.24, 2.45) is 17.8 Å². The zero-order chi connectivity index (χ0) is 14.5. The van der Waals surface area contributed by atoms with Gasteiger partial charge in [0.1, 0.15) is 0 Å². The number of thioether (sulfide) groups is 1. The Morgan fingerprint density at radius 2 is 2.10 bits per heavy atom. The maximum absolute atomic E-state index is 11.9. The lowest BCUT2D eigenvalue weighted by Crippen LogP contribution is -2.41. The summed E-state index contributed by atoms with van der Waals surface area (Å²) >= 11 is 1.32. The number of rotatable bonds is 7. The second-order valence-electron chi connectivity index (χ2n) is 5.99. The van der Waals surface area contributed by atoms with Crippen LogP contribution in [0.15, 0.2) is 0 Å². The van der Waals surface area contributed by atoms with E-state index in [1.54, 1.807) is 6.92 Å². The summed E-state index contributed by atoms with van der Waals surface area (Å²) in [6.07, 6.45) is 5.37. The maximum atomic E-state index is 11.9. The first kappa shape index (κ1) is 15.7. The van der Waals surface area contributed by atoms with Gasteiger partial charge < -0.3 is 10.1 Å². The molecule has 114 valence electrons. The van der Waals surface area contributed by atoms with Gasteiger partial charge in [0, 0.05) is 6.04 Å². The summed E-state index contributed by atoms with van der Waals surface area (Å²) in [5.74, 6) is 2.77. The van der Waals surface area contributed by atoms with Crippen LogP contribution in [0, 0.1) is 17.8 Å². The van der Waals surface area contributed by atoms with Crippen LogP contribution in [0.2, 0.25) is 0 Å². The highest BCUT2D eigenvalue weighted by Crippen LogP contribution is 2.49. The van der Waals surface area contributed by atoms with E-state index in [-0.39, 0.29) is 23.7 Å². The Morgan fingerprint density at radius 3 is 2.70 bits per heavy atom. The predicted molar refractivity (Wildman–Crippen MR) is 80.5 cm³/mol. The standard InChI is InChI=1S/C15H25NO3S/c1-3-19-15(18)9-20-8-14(17)16-10(2)13-7-11-4-5-12(13)6-11/h10-13H,3-9H2,1-2H3,(H,16,17)/t10-,11-,12-,13+/m0/s1. The molecule has 2 fully saturated rings. The molecule has 0 heterocycles. The number of nitrogens with one attached hydrogen (secondary N) is 1. The maximum Gasteiger partial charge on any atom is 0.315 e. The summed E-state index contributed by atoms with van der Waals surface area (Å²) in [5, 5.41) is 3.10. The van der Waals surface area contributed by atoms with Crippen LogP contribution in [0.3, 0.4) is 0 Å². The van der Waals surface area contributed by atoms with Crippen molar-refractivity contribution in [3.05, 3.63) is 0 Å². The molecule has 1 amide bonds. The molecule has 0 spiro atoms. The quantitative estimate of drug-likeness (QED) is 0.732. The van der Waals surface area contributed by atoms with Crippen LogP contribution >= 0.6 is 11.8 Å². The minimum absolute atomic E-state index is 0.0366. The van der Waals surface area contributed by atoms with Crippen LogP contribution in [0.5, 0.6) is 0 Å². The average Bonchev–Trinajstić information content (AvgIpc) is 3.01. The number of carbonyl (C=O) groups excluding carboxylic acids is 2. The summed E-state index contributed by atoms with van der Waals surface area (Å²) in [6.45, 7) is 4.30. The third-order valence-electron chi connectivity index (χ3n) is 4.58. The fourth-order valence-corrected chi connectivity index (χ4v) is 4.36. The second kappa shape index (κ2) is 7.34. The van der Waals surface area contributed by atoms with Gasteiger partial charge in [-0.2, -0.15) is 0 Å². The van der Waals surface area contributed by atoms with Crippen molar-refractivity contribution in [2.75, 3.05) is 18.1 Å². The highest BCUT2D eigenvalue weighted by Gasteiger charge is 2.42. The molecule has 0 saturated heterocycles. The Labute approximate surface area is 125 Å². The van der Waals surface area contributed by atoms with Crippen LogP contribution < -0.4 is 5.32 Å². The molecule has 2 bridgehead atoms. The molecule has 2 saturated carbocycles. The summed E-state index contributed by atoms with van der Waals surface area (Å²) < 4.78 is 4.83. The van der Waals surface area contributed by atoms with Gasteiger partial charge >= 0.3 is 5.97 Å². The van der Waals surface area contributed by atoms with Crippen molar-refractivity contribution in [3.8, 4) is 0 Å². The van der Waals surface area contributed by atoms with Gasteiger partial charge in [0.15, 0.2) is 0 Å². The molecule has 2 aliphatic carbocycles. The largest absolute Gasteiger partial charge is 0.465 e. The molecule has 2 aliphatic rings. The lowest BCUT2D eigenvalue weighted by atomic mass is 9.84. The van der Waals surface area contributed by atoms with E-state index in [0.717, 1.165) is 11.8 Å². The first-order valence-electron chi connectivity index (χ1n) is 7.62. The normalized spacial score (nSPS) is 29.2. The molecule has 2 rings (SSSR count). The monoisotopic (exact) mass is 299 g/mol. The Morgan fingerprint density at radius 1 is 1.30 bits per heavy atom. The van der Waals surface area contributed by atoms with E-state index in [9.17, 15) is 9.59 Å². The number of hydrogen-bond donors (Lipinski definition) is 1. The molecule has 4 nitrogen and oxygen atoms in total. The minimum atomic E-state index is -0.244. The summed E-state index contributed by atoms with van der Waals surface area (Å²) in [4.78, 5) is 23.0. The van der Waals surface area contributed by atoms with Crippen LogP contribution in [0.1, 0.15) is 39.5 Å². The molecule has 4 atom stereocenters. The molecule has 20 heavy (non-hydrogen) atoms. The first-order valence-corrected chi connectivity index (χ1v) is 8.78. The van der Waals surface area contributed by atoms with Gasteiger partial charge in [-0.05, 0) is 50.9 Å². The number of esters is 1. The summed E-state index contributed by atoms with van der Waals surface area (Å²) in [6, 6.07) is 0.265. The molecule has 1 N–H and O–H groups in total. The van der Waals surface area contributed by atoms with Gasteiger partial charge in [0.25, 0.3) is 0 Å². The molecule has 0 radical (unpaired) electrons. The SMILES string of the molecule is CCOC(=O)CSCC(=O)N[C@@H](C)[C@H]1C[C@H]2CC[C@H]1C2. The topological polar surface area (TPSA) is 55.4 Å². The zero-order valence-electron chi connectivity index (χ0n) is 12.4. The van der Waals surface area contributed by atoms with Gasteiger partial charge in [-0.1, -0.05) is 6.42 Å². The van der Waals surface area contributed by atoms with Crippen LogP contribution in [-0.4, -0.2) is 36.0 Å². The minimum Gasteiger partial charge on any atom is -0.465 e. The van der Waals surface area contributed by atoms with Crippen LogP contribution in [-0.2, 0) is 14.3 Å². The van der Waals surface area contributed by atoms with E-state index in [1.807, 2.05) is 0 Å². The number of ether oxygens (including phenoxy) is 1. The second-order valence-corrected chi connectivity index (χ2v) is 6.98. The Hall–Kier alpha value is -0.710. The van der Waals surface area contributed by atoms with E-state index in [1.165, 1.54) is 37.4 Å². The van der Waals surface area contributed by atoms with Crippen molar-refractivity contribution < 1.29 is 14.3 Å². The van der Waals surface area contributed by atoms with Gasteiger partial charge in [-0.3, -0.25) is 9.59 Å². The highest BCUT2D eigenvalue weighted by atomic mass is 32.2. The smallest absolute Gasteiger partial charge is 0.315 e. The lowest BCUT2D eigenvalue weighted by Gasteiger charge is -2.28. The van der Waals surface area contributed by atoms with E-state index < -0.39 is 0 Å². The Balaban J connectivity index is 1.63. The van der Waals surface area contributed by atoms with Crippen molar-refractivity contribution in [2.45, 2.75) is 45.6 Å². The third-order valence-corrected chi connectivity index (χ3v) is 5.49. The molecular formula is C15H25NO3S. The lowest BCUT2D eigenvalue weighted by molar-refractivity contribution is -0.139. The average molecular weight is 299 g/mol. The molecule has 5 heteroatoms. The molecule has 0 aromatic carbocycles. The first-order chi connectivity index (χ1) is 9.60. The van der Waals surface area contributed by atoms with Gasteiger partial charge in [-0.25, -0.2) is 0 Å². The number of hydrogen-bond acceptors (Lipinski definition) is 4. The molecule has 0 unspecified atom stereocenters. The van der Waals surface area contributed by atoms with E-state index in [4.69, 9.17) is 4.74 Å². The number of amides is 1. The van der Waals surface area contributed by atoms with Crippen molar-refractivity contribution in [1.82, 2.24) is 5.32 Å². The molecule has 0 aliphatic heterocycles. The van der Waals surface area contributed by atoms with Crippen molar-refractivity contribution >= 4 is 23.6 Å². The molecular weight excluding hydrogens is 274 g/mol. The fourth-order valence-electron chi connectivity index (χ4n) is 3.74. The predicted octanol–water partition coefficient (Wildman–Crippen LogP) is 2.22. The fraction of sp³-hybridized carbons (Fsp3) is 0.867. The Bertz CT molecular complexity index is 361. The van der Waals surface area contributed by atoms with Crippen LogP contribution in [0.25, 0.3) is 0 Å². The van der Waals surface area contributed by atoms with Gasteiger partial charge in [0.05, 0.1) is 18.1 Å². The number of fused-ring (bicyclic) bond motifs is 2. The summed E-state index contributed by atoms with van der Waals surface area (Å²) in [7, 11) is 0. The van der Waals surface area contributed by atoms with Crippen molar-refractivity contribution in [1.29, 1.82) is 0 Å². The Kier molecular flexibility index (Phi) is 5.75. The van der Waals surface area contributed by atoms with Gasteiger partial charge in [-0.15, -0.1) is 11.8 Å². The van der Waals surface area contributed by atoms with Gasteiger partial charge in [0.2, 0.25) is 5.91 Å². The van der Waals surface area contributed by atoms with E-state index in [2.05, 4.69) is 12.2 Å². The summed E-state index contributed by atoms with van der Waals surface area (Å²) in [5.41, 5.74) is 0. The molecule has 0 aromatic rings. The zero-order valence-corrected chi connectivity index (χ0v) is 13.2. The van der Waals surface area contributed by atoms with Crippen LogP contribution in [0.4, 0.5) is 0 Å². The van der Waals surface area contributed by atoms with E-state index in [0.29, 0.717) is 18.3 Å². The number of carbonyl (C=O) groups is 2. The molecule has 0 aromatic heterocycles. The highest BCUT2D eigenvalue weighted by molar-refractivity contribution is 8.00. The van der Waals surface area contributed by atoms with E-state index >= 15 is 0 Å². The third kappa shape index (κ3) is 4.14. The van der Waals surface area contributed by atoms with Crippen molar-refractivity contribution in [3.63, 3.8) is 0 Å².